The normalized spacial score (nSPS) is 24.3. The van der Waals surface area contributed by atoms with Gasteiger partial charge in [0.2, 0.25) is 5.91 Å². The van der Waals surface area contributed by atoms with Crippen molar-refractivity contribution in [3.63, 3.8) is 0 Å². The van der Waals surface area contributed by atoms with Crippen LogP contribution < -0.4 is 5.32 Å². The zero-order chi connectivity index (χ0) is 13.5. The topological polar surface area (TPSA) is 32.3 Å². The minimum atomic E-state index is 0.241. The van der Waals surface area contributed by atoms with Crippen LogP contribution >= 0.6 is 0 Å². The maximum Gasteiger partial charge on any atom is 0.226 e. The summed E-state index contributed by atoms with van der Waals surface area (Å²) in [5, 5.41) is 3.42. The third-order valence-electron chi connectivity index (χ3n) is 3.88. The van der Waals surface area contributed by atoms with E-state index in [1.165, 1.54) is 12.8 Å². The maximum atomic E-state index is 12.6. The summed E-state index contributed by atoms with van der Waals surface area (Å²) in [6.45, 7) is 10.6. The van der Waals surface area contributed by atoms with E-state index in [1.54, 1.807) is 0 Å². The Morgan fingerprint density at radius 2 is 2.11 bits per heavy atom. The molecule has 0 saturated carbocycles. The molecule has 2 unspecified atom stereocenters. The molecule has 0 aliphatic carbocycles. The number of piperidine rings is 1. The van der Waals surface area contributed by atoms with Crippen LogP contribution in [0.25, 0.3) is 0 Å². The summed E-state index contributed by atoms with van der Waals surface area (Å²) < 4.78 is 0. The van der Waals surface area contributed by atoms with Gasteiger partial charge in [0, 0.05) is 24.5 Å². The van der Waals surface area contributed by atoms with Crippen molar-refractivity contribution in [2.24, 2.45) is 5.92 Å². The summed E-state index contributed by atoms with van der Waals surface area (Å²) in [5.74, 6) is 0.625. The minimum absolute atomic E-state index is 0.241. The number of amides is 1. The summed E-state index contributed by atoms with van der Waals surface area (Å²) in [7, 11) is 0. The average molecular weight is 254 g/mol. The lowest BCUT2D eigenvalue weighted by Crippen LogP contribution is -2.46. The molecule has 0 radical (unpaired) electrons. The Labute approximate surface area is 112 Å². The van der Waals surface area contributed by atoms with E-state index in [2.05, 4.69) is 37.9 Å². The molecule has 1 heterocycles. The van der Waals surface area contributed by atoms with Crippen molar-refractivity contribution >= 4 is 5.91 Å². The molecule has 3 nitrogen and oxygen atoms in total. The molecule has 1 rings (SSSR count). The fraction of sp³-hybridized carbons (Fsp3) is 0.933. The van der Waals surface area contributed by atoms with E-state index in [1.807, 2.05) is 0 Å². The maximum absolute atomic E-state index is 12.6. The van der Waals surface area contributed by atoms with Crippen molar-refractivity contribution in [1.29, 1.82) is 0 Å². The Morgan fingerprint density at radius 1 is 1.39 bits per heavy atom. The van der Waals surface area contributed by atoms with E-state index in [9.17, 15) is 4.79 Å². The van der Waals surface area contributed by atoms with Gasteiger partial charge in [-0.15, -0.1) is 0 Å². The van der Waals surface area contributed by atoms with Crippen molar-refractivity contribution in [2.45, 2.75) is 71.9 Å². The zero-order valence-corrected chi connectivity index (χ0v) is 12.5. The summed E-state index contributed by atoms with van der Waals surface area (Å²) in [6, 6.07) is 0.817. The second-order valence-electron chi connectivity index (χ2n) is 5.91. The molecule has 1 aliphatic heterocycles. The fourth-order valence-electron chi connectivity index (χ4n) is 2.75. The van der Waals surface area contributed by atoms with Gasteiger partial charge in [-0.05, 0) is 46.6 Å². The van der Waals surface area contributed by atoms with Crippen LogP contribution in [0.3, 0.4) is 0 Å². The number of carbonyl (C=O) groups is 1. The molecule has 1 saturated heterocycles. The van der Waals surface area contributed by atoms with Crippen molar-refractivity contribution < 1.29 is 4.79 Å². The Hall–Kier alpha value is -0.570. The van der Waals surface area contributed by atoms with E-state index in [4.69, 9.17) is 0 Å². The molecule has 2 atom stereocenters. The van der Waals surface area contributed by atoms with Crippen LogP contribution in [0, 0.1) is 5.92 Å². The summed E-state index contributed by atoms with van der Waals surface area (Å²) >= 11 is 0. The number of nitrogens with one attached hydrogen (secondary N) is 1. The highest BCUT2D eigenvalue weighted by molar-refractivity contribution is 5.79. The van der Waals surface area contributed by atoms with Crippen LogP contribution in [-0.2, 0) is 4.79 Å². The quantitative estimate of drug-likeness (QED) is 0.739. The second kappa shape index (κ2) is 7.78. The summed E-state index contributed by atoms with van der Waals surface area (Å²) in [4.78, 5) is 14.7. The summed E-state index contributed by atoms with van der Waals surface area (Å²) in [6.07, 6.45) is 5.57. The molecule has 0 bridgehead atoms. The molecule has 0 aromatic carbocycles. The van der Waals surface area contributed by atoms with Crippen molar-refractivity contribution in [3.05, 3.63) is 0 Å². The Kier molecular flexibility index (Phi) is 6.69. The smallest absolute Gasteiger partial charge is 0.226 e. The van der Waals surface area contributed by atoms with Gasteiger partial charge in [-0.1, -0.05) is 19.8 Å². The van der Waals surface area contributed by atoms with E-state index >= 15 is 0 Å². The molecule has 1 aliphatic rings. The van der Waals surface area contributed by atoms with Gasteiger partial charge in [0.25, 0.3) is 0 Å². The van der Waals surface area contributed by atoms with Crippen LogP contribution in [-0.4, -0.2) is 36.0 Å². The highest BCUT2D eigenvalue weighted by atomic mass is 16.2. The third-order valence-corrected chi connectivity index (χ3v) is 3.88. The molecule has 18 heavy (non-hydrogen) atoms. The van der Waals surface area contributed by atoms with E-state index < -0.39 is 0 Å². The van der Waals surface area contributed by atoms with Crippen molar-refractivity contribution in [1.82, 2.24) is 10.2 Å². The Morgan fingerprint density at radius 3 is 2.67 bits per heavy atom. The first-order chi connectivity index (χ1) is 8.56. The fourth-order valence-corrected chi connectivity index (χ4v) is 2.75. The number of hydrogen-bond donors (Lipinski definition) is 1. The predicted octanol–water partition coefficient (Wildman–Crippen LogP) is 2.80. The van der Waals surface area contributed by atoms with Gasteiger partial charge in [0.1, 0.15) is 0 Å². The van der Waals surface area contributed by atoms with Gasteiger partial charge in [0.15, 0.2) is 0 Å². The number of rotatable bonds is 6. The highest BCUT2D eigenvalue weighted by Gasteiger charge is 2.29. The van der Waals surface area contributed by atoms with Gasteiger partial charge in [-0.25, -0.2) is 0 Å². The monoisotopic (exact) mass is 254 g/mol. The molecule has 0 aromatic rings. The molecular weight excluding hydrogens is 224 g/mol. The van der Waals surface area contributed by atoms with Gasteiger partial charge in [0.05, 0.1) is 0 Å². The number of carbonyl (C=O) groups excluding carboxylic acids is 1. The third kappa shape index (κ3) is 4.60. The molecule has 1 amide bonds. The van der Waals surface area contributed by atoms with E-state index in [0.717, 1.165) is 32.4 Å². The first-order valence-corrected chi connectivity index (χ1v) is 7.60. The van der Waals surface area contributed by atoms with E-state index in [0.29, 0.717) is 18.0 Å². The van der Waals surface area contributed by atoms with Crippen LogP contribution in [0.2, 0.25) is 0 Å². The van der Waals surface area contributed by atoms with Gasteiger partial charge >= 0.3 is 0 Å². The van der Waals surface area contributed by atoms with Gasteiger partial charge in [-0.3, -0.25) is 4.79 Å². The van der Waals surface area contributed by atoms with Crippen LogP contribution in [0.15, 0.2) is 0 Å². The average Bonchev–Trinajstić information content (AvgIpc) is 2.33. The van der Waals surface area contributed by atoms with Gasteiger partial charge in [-0.2, -0.15) is 0 Å². The molecule has 1 fully saturated rings. The van der Waals surface area contributed by atoms with Crippen LogP contribution in [0.1, 0.15) is 59.8 Å². The first kappa shape index (κ1) is 15.5. The zero-order valence-electron chi connectivity index (χ0n) is 12.5. The standard InChI is InChI=1S/C15H30N2O/c1-5-6-7-10-17(12(2)3)15(18)14-8-9-16-13(4)11-14/h12-14,16H,5-11H2,1-4H3. The van der Waals surface area contributed by atoms with Crippen LogP contribution in [0.5, 0.6) is 0 Å². The first-order valence-electron chi connectivity index (χ1n) is 7.60. The lowest BCUT2D eigenvalue weighted by molar-refractivity contribution is -0.138. The molecule has 0 spiro atoms. The molecule has 1 N–H and O–H groups in total. The molecular formula is C15H30N2O. The summed E-state index contributed by atoms with van der Waals surface area (Å²) in [5.41, 5.74) is 0. The van der Waals surface area contributed by atoms with Gasteiger partial charge < -0.3 is 10.2 Å². The van der Waals surface area contributed by atoms with E-state index in [-0.39, 0.29) is 5.92 Å². The Balaban J connectivity index is 2.52. The SMILES string of the molecule is CCCCCN(C(=O)C1CCNC(C)C1)C(C)C. The largest absolute Gasteiger partial charge is 0.340 e. The number of unbranched alkanes of at least 4 members (excludes halogenated alkanes) is 2. The van der Waals surface area contributed by atoms with Crippen LogP contribution in [0.4, 0.5) is 0 Å². The van der Waals surface area contributed by atoms with Crippen molar-refractivity contribution in [3.8, 4) is 0 Å². The highest BCUT2D eigenvalue weighted by Crippen LogP contribution is 2.20. The molecule has 106 valence electrons. The number of nitrogens with zero attached hydrogens (tertiary/aromatic N) is 1. The molecule has 0 aromatic heterocycles. The molecule has 3 heteroatoms. The Bertz CT molecular complexity index is 253. The lowest BCUT2D eigenvalue weighted by atomic mass is 9.91. The lowest BCUT2D eigenvalue weighted by Gasteiger charge is -2.34. The predicted molar refractivity (Wildman–Crippen MR) is 76.6 cm³/mol. The van der Waals surface area contributed by atoms with Crippen molar-refractivity contribution in [2.75, 3.05) is 13.1 Å². The second-order valence-corrected chi connectivity index (χ2v) is 5.91. The number of hydrogen-bond acceptors (Lipinski definition) is 2. The minimum Gasteiger partial charge on any atom is -0.340 e.